The summed E-state index contributed by atoms with van der Waals surface area (Å²) in [7, 11) is 0. The van der Waals surface area contributed by atoms with Crippen LogP contribution in [0.1, 0.15) is 40.0 Å². The molecule has 0 aromatic carbocycles. The summed E-state index contributed by atoms with van der Waals surface area (Å²) in [6.07, 6.45) is 4.08. The van der Waals surface area contributed by atoms with Gasteiger partial charge in [-0.15, -0.1) is 0 Å². The molecule has 0 aromatic heterocycles. The number of nitrogens with two attached hydrogens (primary N) is 1. The Bertz CT molecular complexity index is 185. The van der Waals surface area contributed by atoms with E-state index in [2.05, 4.69) is 20.8 Å². The van der Waals surface area contributed by atoms with E-state index in [1.165, 1.54) is 19.3 Å². The van der Waals surface area contributed by atoms with Crippen LogP contribution in [0, 0.1) is 23.2 Å². The van der Waals surface area contributed by atoms with Crippen molar-refractivity contribution in [3.63, 3.8) is 0 Å². The zero-order valence-electron chi connectivity index (χ0n) is 8.51. The van der Waals surface area contributed by atoms with Crippen LogP contribution in [0.5, 0.6) is 0 Å². The van der Waals surface area contributed by atoms with Gasteiger partial charge in [-0.25, -0.2) is 0 Å². The lowest BCUT2D eigenvalue weighted by atomic mass is 9.45. The van der Waals surface area contributed by atoms with Crippen LogP contribution in [0.15, 0.2) is 0 Å². The van der Waals surface area contributed by atoms with Crippen molar-refractivity contribution in [2.45, 2.75) is 46.1 Å². The molecule has 0 spiro atoms. The molecule has 4 atom stereocenters. The predicted molar refractivity (Wildman–Crippen MR) is 51.8 cm³/mol. The van der Waals surface area contributed by atoms with Gasteiger partial charge in [-0.2, -0.15) is 0 Å². The fraction of sp³-hybridized carbons (Fsp3) is 1.00. The molecule has 3 fully saturated rings. The van der Waals surface area contributed by atoms with Crippen molar-refractivity contribution in [2.75, 3.05) is 0 Å². The van der Waals surface area contributed by atoms with E-state index >= 15 is 0 Å². The Morgan fingerprint density at radius 1 is 1.33 bits per heavy atom. The summed E-state index contributed by atoms with van der Waals surface area (Å²) in [5.41, 5.74) is 6.81. The summed E-state index contributed by atoms with van der Waals surface area (Å²) >= 11 is 0. The van der Waals surface area contributed by atoms with Crippen molar-refractivity contribution in [2.24, 2.45) is 28.9 Å². The fourth-order valence-corrected chi connectivity index (χ4v) is 3.40. The molecular formula is C11H21N. The van der Waals surface area contributed by atoms with Crippen LogP contribution < -0.4 is 5.73 Å². The van der Waals surface area contributed by atoms with Crippen LogP contribution in [0.4, 0.5) is 0 Å². The molecule has 3 aliphatic carbocycles. The first-order valence-corrected chi connectivity index (χ1v) is 5.33. The molecule has 0 aromatic rings. The first-order chi connectivity index (χ1) is 5.57. The standard InChI is InChI=1S/C11H21N/c1-4-7-5-8-6-9(10(7)12)11(8,2)3/h7-10H,4-6,12H2,1-3H3. The van der Waals surface area contributed by atoms with Gasteiger partial charge in [0.05, 0.1) is 0 Å². The lowest BCUT2D eigenvalue weighted by Crippen LogP contribution is -2.61. The van der Waals surface area contributed by atoms with Crippen LogP contribution in [0.25, 0.3) is 0 Å². The number of hydrogen-bond acceptors (Lipinski definition) is 1. The Morgan fingerprint density at radius 3 is 2.42 bits per heavy atom. The maximum absolute atomic E-state index is 6.25. The summed E-state index contributed by atoms with van der Waals surface area (Å²) in [5.74, 6) is 2.62. The smallest absolute Gasteiger partial charge is 0.0101 e. The molecule has 0 heterocycles. The van der Waals surface area contributed by atoms with Crippen molar-refractivity contribution in [1.82, 2.24) is 0 Å². The molecule has 0 radical (unpaired) electrons. The average molecular weight is 167 g/mol. The molecule has 2 N–H and O–H groups in total. The lowest BCUT2D eigenvalue weighted by Gasteiger charge is -2.61. The molecule has 3 saturated carbocycles. The first kappa shape index (κ1) is 8.55. The van der Waals surface area contributed by atoms with E-state index in [0.29, 0.717) is 11.5 Å². The Morgan fingerprint density at radius 2 is 2.00 bits per heavy atom. The van der Waals surface area contributed by atoms with Crippen LogP contribution in [0.2, 0.25) is 0 Å². The van der Waals surface area contributed by atoms with Gasteiger partial charge in [0, 0.05) is 6.04 Å². The Hall–Kier alpha value is -0.0400. The lowest BCUT2D eigenvalue weighted by molar-refractivity contribution is -0.105. The molecule has 3 aliphatic rings. The second-order valence-corrected chi connectivity index (χ2v) is 5.34. The van der Waals surface area contributed by atoms with Gasteiger partial charge in [0.2, 0.25) is 0 Å². The van der Waals surface area contributed by atoms with Gasteiger partial charge in [-0.1, -0.05) is 27.2 Å². The average Bonchev–Trinajstić information content (AvgIpc) is 2.03. The third-order valence-corrected chi connectivity index (χ3v) is 4.67. The van der Waals surface area contributed by atoms with E-state index < -0.39 is 0 Å². The minimum absolute atomic E-state index is 0.495. The third-order valence-electron chi connectivity index (χ3n) is 4.67. The van der Waals surface area contributed by atoms with Crippen molar-refractivity contribution >= 4 is 0 Å². The third kappa shape index (κ3) is 0.891. The van der Waals surface area contributed by atoms with Crippen molar-refractivity contribution in [1.29, 1.82) is 0 Å². The molecule has 0 aliphatic heterocycles. The molecule has 1 heteroatoms. The Balaban J connectivity index is 2.11. The van der Waals surface area contributed by atoms with Gasteiger partial charge in [0.1, 0.15) is 0 Å². The quantitative estimate of drug-likeness (QED) is 0.637. The van der Waals surface area contributed by atoms with E-state index in [4.69, 9.17) is 5.73 Å². The first-order valence-electron chi connectivity index (χ1n) is 5.33. The molecule has 4 unspecified atom stereocenters. The van der Waals surface area contributed by atoms with E-state index in [0.717, 1.165) is 17.8 Å². The Kier molecular flexibility index (Phi) is 1.76. The summed E-state index contributed by atoms with van der Waals surface area (Å²) in [4.78, 5) is 0. The van der Waals surface area contributed by atoms with Crippen molar-refractivity contribution in [3.8, 4) is 0 Å². The minimum Gasteiger partial charge on any atom is -0.327 e. The highest BCUT2D eigenvalue weighted by Crippen LogP contribution is 2.60. The summed E-state index contributed by atoms with van der Waals surface area (Å²) in [6, 6.07) is 0.495. The highest BCUT2D eigenvalue weighted by molar-refractivity contribution is 5.07. The molecule has 0 amide bonds. The van der Waals surface area contributed by atoms with E-state index in [-0.39, 0.29) is 0 Å². The minimum atomic E-state index is 0.495. The van der Waals surface area contributed by atoms with Gasteiger partial charge in [-0.3, -0.25) is 0 Å². The largest absolute Gasteiger partial charge is 0.327 e. The second-order valence-electron chi connectivity index (χ2n) is 5.34. The maximum atomic E-state index is 6.25. The molecule has 12 heavy (non-hydrogen) atoms. The number of fused-ring (bicyclic) bond motifs is 2. The Labute approximate surface area is 75.7 Å². The van der Waals surface area contributed by atoms with E-state index in [1.54, 1.807) is 0 Å². The van der Waals surface area contributed by atoms with Crippen molar-refractivity contribution < 1.29 is 0 Å². The zero-order valence-corrected chi connectivity index (χ0v) is 8.51. The normalized spacial score (nSPS) is 50.0. The van der Waals surface area contributed by atoms with Gasteiger partial charge in [-0.05, 0) is 36.0 Å². The summed E-state index contributed by atoms with van der Waals surface area (Å²) < 4.78 is 0. The summed E-state index contributed by atoms with van der Waals surface area (Å²) in [5, 5.41) is 0. The topological polar surface area (TPSA) is 26.0 Å². The van der Waals surface area contributed by atoms with Gasteiger partial charge in [0.15, 0.2) is 0 Å². The predicted octanol–water partition coefficient (Wildman–Crippen LogP) is 2.41. The molecule has 70 valence electrons. The van der Waals surface area contributed by atoms with Gasteiger partial charge < -0.3 is 5.73 Å². The van der Waals surface area contributed by atoms with Crippen LogP contribution >= 0.6 is 0 Å². The molecule has 0 saturated heterocycles. The maximum Gasteiger partial charge on any atom is 0.0101 e. The van der Waals surface area contributed by atoms with Crippen LogP contribution in [0.3, 0.4) is 0 Å². The van der Waals surface area contributed by atoms with Crippen LogP contribution in [-0.2, 0) is 0 Å². The highest BCUT2D eigenvalue weighted by Gasteiger charge is 2.55. The van der Waals surface area contributed by atoms with Crippen molar-refractivity contribution in [3.05, 3.63) is 0 Å². The molecule has 1 nitrogen and oxygen atoms in total. The van der Waals surface area contributed by atoms with Crippen LogP contribution in [-0.4, -0.2) is 6.04 Å². The number of rotatable bonds is 1. The molecule has 2 bridgehead atoms. The second kappa shape index (κ2) is 2.47. The zero-order chi connectivity index (χ0) is 8.93. The SMILES string of the molecule is CCC1CC2CC(C1N)C2(C)C. The van der Waals surface area contributed by atoms with E-state index in [9.17, 15) is 0 Å². The number of hydrogen-bond donors (Lipinski definition) is 1. The monoisotopic (exact) mass is 167 g/mol. The fourth-order valence-electron chi connectivity index (χ4n) is 3.40. The molecular weight excluding hydrogens is 146 g/mol. The van der Waals surface area contributed by atoms with Gasteiger partial charge in [0.25, 0.3) is 0 Å². The molecule has 3 rings (SSSR count). The van der Waals surface area contributed by atoms with E-state index in [1.807, 2.05) is 0 Å². The summed E-state index contributed by atoms with van der Waals surface area (Å²) in [6.45, 7) is 7.08. The van der Waals surface area contributed by atoms with Gasteiger partial charge >= 0.3 is 0 Å². The highest BCUT2D eigenvalue weighted by atomic mass is 14.8.